The second-order valence-electron chi connectivity index (χ2n) is 7.43. The molecule has 7 nitrogen and oxygen atoms in total. The van der Waals surface area contributed by atoms with Crippen LogP contribution in [-0.2, 0) is 5.75 Å². The van der Waals surface area contributed by atoms with E-state index in [9.17, 15) is 0 Å². The quantitative estimate of drug-likeness (QED) is 0.328. The van der Waals surface area contributed by atoms with Crippen molar-refractivity contribution in [1.82, 2.24) is 15.2 Å². The molecule has 2 heterocycles. The smallest absolute Gasteiger partial charge is 0.247 e. The summed E-state index contributed by atoms with van der Waals surface area (Å²) >= 11 is 7.47. The van der Waals surface area contributed by atoms with Gasteiger partial charge in [0.05, 0.1) is 19.8 Å². The Balaban J connectivity index is 1.51. The van der Waals surface area contributed by atoms with Crippen LogP contribution >= 0.6 is 23.4 Å². The summed E-state index contributed by atoms with van der Waals surface area (Å²) < 4.78 is 17.5. The van der Waals surface area contributed by atoms with Crippen LogP contribution in [-0.4, -0.2) is 29.4 Å². The van der Waals surface area contributed by atoms with Crippen molar-refractivity contribution >= 4 is 29.1 Å². The van der Waals surface area contributed by atoms with Crippen LogP contribution in [0, 0.1) is 0 Å². The van der Waals surface area contributed by atoms with E-state index in [0.717, 1.165) is 22.4 Å². The first-order valence-corrected chi connectivity index (χ1v) is 11.9. The van der Waals surface area contributed by atoms with Crippen molar-refractivity contribution < 1.29 is 14.2 Å². The van der Waals surface area contributed by atoms with E-state index in [-0.39, 0.29) is 0 Å². The van der Waals surface area contributed by atoms with Gasteiger partial charge in [0.2, 0.25) is 17.3 Å². The molecule has 9 heteroatoms. The highest BCUT2D eigenvalue weighted by atomic mass is 35.5. The van der Waals surface area contributed by atoms with Crippen molar-refractivity contribution in [2.24, 2.45) is 0 Å². The summed E-state index contributed by atoms with van der Waals surface area (Å²) in [7, 11) is 3.21. The zero-order chi connectivity index (χ0) is 23.5. The maximum absolute atomic E-state index is 6.38. The van der Waals surface area contributed by atoms with E-state index in [1.165, 1.54) is 11.8 Å². The number of anilines is 1. The minimum Gasteiger partial charge on any atom is -0.493 e. The van der Waals surface area contributed by atoms with Crippen molar-refractivity contribution in [2.75, 3.05) is 19.5 Å². The predicted molar refractivity (Wildman–Crippen MR) is 133 cm³/mol. The Morgan fingerprint density at radius 3 is 2.59 bits per heavy atom. The van der Waals surface area contributed by atoms with Crippen molar-refractivity contribution in [1.29, 1.82) is 0 Å². The van der Waals surface area contributed by atoms with E-state index in [0.29, 0.717) is 39.0 Å². The Labute approximate surface area is 206 Å². The first-order chi connectivity index (χ1) is 16.7. The molecular weight excluding hydrogens is 472 g/mol. The number of nitrogens with zero attached hydrogens (tertiary/aromatic N) is 3. The third-order valence-corrected chi connectivity index (χ3v) is 6.49. The number of thioether (sulfide) groups is 1. The molecule has 34 heavy (non-hydrogen) atoms. The van der Waals surface area contributed by atoms with Gasteiger partial charge in [0, 0.05) is 22.0 Å². The molecule has 1 aromatic heterocycles. The van der Waals surface area contributed by atoms with Crippen molar-refractivity contribution in [3.05, 3.63) is 82.9 Å². The molecule has 4 aromatic rings. The Bertz CT molecular complexity index is 1320. The van der Waals surface area contributed by atoms with E-state index in [4.69, 9.17) is 30.8 Å². The molecule has 5 rings (SSSR count). The number of benzene rings is 3. The van der Waals surface area contributed by atoms with E-state index in [1.54, 1.807) is 14.2 Å². The summed E-state index contributed by atoms with van der Waals surface area (Å²) in [4.78, 5) is 4.71. The lowest BCUT2D eigenvalue weighted by Crippen LogP contribution is -2.18. The molecule has 0 saturated heterocycles. The van der Waals surface area contributed by atoms with Gasteiger partial charge < -0.3 is 19.5 Å². The van der Waals surface area contributed by atoms with Crippen molar-refractivity contribution in [3.63, 3.8) is 0 Å². The first kappa shape index (κ1) is 22.3. The molecule has 3 aromatic carbocycles. The van der Waals surface area contributed by atoms with Gasteiger partial charge in [-0.3, -0.25) is 0 Å². The lowest BCUT2D eigenvalue weighted by molar-refractivity contribution is 0.218. The van der Waals surface area contributed by atoms with Crippen LogP contribution in [0.25, 0.3) is 11.3 Å². The molecule has 1 atom stereocenters. The summed E-state index contributed by atoms with van der Waals surface area (Å²) in [5.41, 5.74) is 4.17. The monoisotopic (exact) mass is 492 g/mol. The molecule has 1 aliphatic rings. The second kappa shape index (κ2) is 9.79. The van der Waals surface area contributed by atoms with Crippen LogP contribution in [0.15, 0.2) is 71.9 Å². The fraction of sp³-hybridized carbons (Fsp3) is 0.160. The Kier molecular flexibility index (Phi) is 6.42. The van der Waals surface area contributed by atoms with Gasteiger partial charge in [0.15, 0.2) is 17.2 Å². The predicted octanol–water partition coefficient (Wildman–Crippen LogP) is 6.00. The van der Waals surface area contributed by atoms with Gasteiger partial charge in [0.25, 0.3) is 0 Å². The van der Waals surface area contributed by atoms with Gasteiger partial charge >= 0.3 is 0 Å². The van der Waals surface area contributed by atoms with Crippen molar-refractivity contribution in [2.45, 2.75) is 17.1 Å². The molecule has 0 unspecified atom stereocenters. The van der Waals surface area contributed by atoms with Crippen molar-refractivity contribution in [3.8, 4) is 28.6 Å². The zero-order valence-electron chi connectivity index (χ0n) is 18.5. The highest BCUT2D eigenvalue weighted by molar-refractivity contribution is 7.98. The fourth-order valence-electron chi connectivity index (χ4n) is 3.70. The van der Waals surface area contributed by atoms with E-state index in [1.807, 2.05) is 66.7 Å². The summed E-state index contributed by atoms with van der Waals surface area (Å²) in [5.74, 6) is 2.27. The van der Waals surface area contributed by atoms with Crippen LogP contribution in [0.3, 0.4) is 0 Å². The van der Waals surface area contributed by atoms with Crippen LogP contribution in [0.4, 0.5) is 5.69 Å². The molecule has 1 aliphatic heterocycles. The summed E-state index contributed by atoms with van der Waals surface area (Å²) in [6, 6.07) is 21.2. The van der Waals surface area contributed by atoms with Gasteiger partial charge in [0.1, 0.15) is 0 Å². The molecule has 0 spiro atoms. The van der Waals surface area contributed by atoms with Gasteiger partial charge in [-0.15, -0.1) is 10.2 Å². The maximum Gasteiger partial charge on any atom is 0.247 e. The minimum atomic E-state index is -0.585. The number of aromatic nitrogens is 3. The van der Waals surface area contributed by atoms with Gasteiger partial charge in [-0.1, -0.05) is 59.8 Å². The molecule has 0 fully saturated rings. The number of fused-ring (bicyclic) bond motifs is 3. The SMILES string of the molecule is COc1cccc([C@@H]2Nc3ccccc3-c3nnc(SCc4ccc(Cl)cc4)nc3O2)c1OC. The standard InChI is InChI=1S/C25H21ClN4O3S/c1-31-20-9-5-7-18(22(20)32-2)23-27-19-8-4-3-6-17(19)21-24(33-23)28-25(30-29-21)34-14-15-10-12-16(26)13-11-15/h3-13,23,27H,14H2,1-2H3/t23-/m1/s1. The molecule has 0 amide bonds. The van der Waals surface area contributed by atoms with Gasteiger partial charge in [-0.2, -0.15) is 4.98 Å². The molecule has 172 valence electrons. The number of nitrogens with one attached hydrogen (secondary N) is 1. The lowest BCUT2D eigenvalue weighted by Gasteiger charge is -2.22. The number of methoxy groups -OCH3 is 2. The van der Waals surface area contributed by atoms with Gasteiger partial charge in [-0.25, -0.2) is 0 Å². The third kappa shape index (κ3) is 4.47. The zero-order valence-corrected chi connectivity index (χ0v) is 20.1. The normalized spacial score (nSPS) is 14.1. The Morgan fingerprint density at radius 1 is 0.971 bits per heavy atom. The summed E-state index contributed by atoms with van der Waals surface area (Å²) in [6.07, 6.45) is -0.585. The maximum atomic E-state index is 6.38. The number of para-hydroxylation sites is 2. The average molecular weight is 493 g/mol. The fourth-order valence-corrected chi connectivity index (χ4v) is 4.56. The van der Waals surface area contributed by atoms with Crippen LogP contribution < -0.4 is 19.5 Å². The minimum absolute atomic E-state index is 0.390. The Hall–Kier alpha value is -3.49. The van der Waals surface area contributed by atoms with E-state index in [2.05, 4.69) is 15.5 Å². The van der Waals surface area contributed by atoms with Gasteiger partial charge in [-0.05, 0) is 35.9 Å². The summed E-state index contributed by atoms with van der Waals surface area (Å²) in [6.45, 7) is 0. The molecule has 0 bridgehead atoms. The number of halogens is 1. The number of hydrogen-bond acceptors (Lipinski definition) is 8. The Morgan fingerprint density at radius 2 is 1.79 bits per heavy atom. The third-order valence-electron chi connectivity index (χ3n) is 5.33. The molecule has 1 N–H and O–H groups in total. The first-order valence-electron chi connectivity index (χ1n) is 10.5. The highest BCUT2D eigenvalue weighted by Gasteiger charge is 2.28. The van der Waals surface area contributed by atoms with Crippen LogP contribution in [0.2, 0.25) is 5.02 Å². The van der Waals surface area contributed by atoms with Crippen LogP contribution in [0.1, 0.15) is 17.4 Å². The topological polar surface area (TPSA) is 78.4 Å². The number of rotatable bonds is 6. The molecular formula is C25H21ClN4O3S. The largest absolute Gasteiger partial charge is 0.493 e. The lowest BCUT2D eigenvalue weighted by atomic mass is 10.1. The van der Waals surface area contributed by atoms with E-state index >= 15 is 0 Å². The van der Waals surface area contributed by atoms with E-state index < -0.39 is 6.23 Å². The summed E-state index contributed by atoms with van der Waals surface area (Å²) in [5, 5.41) is 13.5. The second-order valence-corrected chi connectivity index (χ2v) is 8.81. The molecule has 0 radical (unpaired) electrons. The highest BCUT2D eigenvalue weighted by Crippen LogP contribution is 2.43. The average Bonchev–Trinajstić information content (AvgIpc) is 3.04. The number of hydrogen-bond donors (Lipinski definition) is 1. The van der Waals surface area contributed by atoms with Crippen LogP contribution in [0.5, 0.6) is 17.4 Å². The number of ether oxygens (including phenoxy) is 3. The molecule has 0 saturated carbocycles. The molecule has 0 aliphatic carbocycles.